The molecular weight excluding hydrogens is 252 g/mol. The summed E-state index contributed by atoms with van der Waals surface area (Å²) in [6, 6.07) is 5.31. The first-order chi connectivity index (χ1) is 9.00. The molecule has 0 radical (unpaired) electrons. The normalized spacial score (nSPS) is 10.5. The van der Waals surface area contributed by atoms with Crippen molar-refractivity contribution in [3.8, 4) is 0 Å². The molecule has 6 heteroatoms. The molecule has 0 saturated heterocycles. The fourth-order valence-corrected chi connectivity index (χ4v) is 1.75. The number of hydrogen-bond acceptors (Lipinski definition) is 2. The summed E-state index contributed by atoms with van der Waals surface area (Å²) in [6.07, 6.45) is 1.61. The van der Waals surface area contributed by atoms with E-state index in [0.717, 1.165) is 11.8 Å². The summed E-state index contributed by atoms with van der Waals surface area (Å²) in [5.74, 6) is -2.72. The summed E-state index contributed by atoms with van der Waals surface area (Å²) in [5.41, 5.74) is 0.525. The number of benzene rings is 1. The van der Waals surface area contributed by atoms with E-state index < -0.39 is 17.5 Å². The van der Waals surface area contributed by atoms with E-state index in [1.165, 1.54) is 24.1 Å². The lowest BCUT2D eigenvalue weighted by Crippen LogP contribution is -2.28. The van der Waals surface area contributed by atoms with Crippen LogP contribution < -0.4 is 0 Å². The molecule has 0 fully saturated rings. The Morgan fingerprint density at radius 3 is 2.74 bits per heavy atom. The third-order valence-electron chi connectivity index (χ3n) is 2.85. The van der Waals surface area contributed by atoms with E-state index in [0.29, 0.717) is 0 Å². The minimum atomic E-state index is -1.12. The number of amides is 1. The second-order valence-electron chi connectivity index (χ2n) is 4.21. The quantitative estimate of drug-likeness (QED) is 0.851. The lowest BCUT2D eigenvalue weighted by atomic mass is 10.2. The average molecular weight is 265 g/mol. The molecule has 1 amide bonds. The van der Waals surface area contributed by atoms with Crippen molar-refractivity contribution in [1.29, 1.82) is 0 Å². The molecule has 0 N–H and O–H groups in total. The van der Waals surface area contributed by atoms with E-state index in [-0.39, 0.29) is 12.1 Å². The molecule has 0 unspecified atom stereocenters. The predicted octanol–water partition coefficient (Wildman–Crippen LogP) is 1.97. The lowest BCUT2D eigenvalue weighted by Gasteiger charge is -2.17. The van der Waals surface area contributed by atoms with Crippen LogP contribution in [-0.2, 0) is 13.6 Å². The molecule has 4 nitrogen and oxygen atoms in total. The number of halogens is 2. The van der Waals surface area contributed by atoms with Crippen molar-refractivity contribution in [2.75, 3.05) is 7.05 Å². The number of rotatable bonds is 3. The monoisotopic (exact) mass is 265 g/mol. The highest BCUT2D eigenvalue weighted by Gasteiger charge is 2.19. The third kappa shape index (κ3) is 2.62. The zero-order valence-electron chi connectivity index (χ0n) is 10.6. The summed E-state index contributed by atoms with van der Waals surface area (Å²) in [7, 11) is 3.27. The maximum atomic E-state index is 13.5. The van der Waals surface area contributed by atoms with Gasteiger partial charge in [0.25, 0.3) is 5.91 Å². The zero-order chi connectivity index (χ0) is 14.0. The van der Waals surface area contributed by atoms with Crippen LogP contribution in [0.1, 0.15) is 16.1 Å². The molecule has 19 heavy (non-hydrogen) atoms. The van der Waals surface area contributed by atoms with Gasteiger partial charge in [0.05, 0.1) is 17.8 Å². The fourth-order valence-electron chi connectivity index (χ4n) is 1.75. The minimum Gasteiger partial charge on any atom is -0.336 e. The van der Waals surface area contributed by atoms with Gasteiger partial charge in [-0.05, 0) is 18.2 Å². The first-order valence-electron chi connectivity index (χ1n) is 5.67. The Balaban J connectivity index is 2.20. The van der Waals surface area contributed by atoms with Crippen LogP contribution in [0.3, 0.4) is 0 Å². The Kier molecular flexibility index (Phi) is 3.59. The van der Waals surface area contributed by atoms with Crippen LogP contribution in [0.4, 0.5) is 8.78 Å². The number of aryl methyl sites for hydroxylation is 1. The van der Waals surface area contributed by atoms with Gasteiger partial charge in [0, 0.05) is 20.3 Å². The number of aromatic nitrogens is 2. The van der Waals surface area contributed by atoms with Gasteiger partial charge in [-0.15, -0.1) is 0 Å². The number of hydrogen-bond donors (Lipinski definition) is 0. The number of carbonyl (C=O) groups is 1. The van der Waals surface area contributed by atoms with Crippen molar-refractivity contribution in [1.82, 2.24) is 14.7 Å². The van der Waals surface area contributed by atoms with Crippen LogP contribution in [0.5, 0.6) is 0 Å². The molecule has 1 aromatic heterocycles. The van der Waals surface area contributed by atoms with E-state index in [2.05, 4.69) is 5.10 Å². The number of carbonyl (C=O) groups excluding carboxylic acids is 1. The molecule has 100 valence electrons. The van der Waals surface area contributed by atoms with Gasteiger partial charge in [0.1, 0.15) is 0 Å². The Morgan fingerprint density at radius 2 is 2.11 bits per heavy atom. The van der Waals surface area contributed by atoms with Crippen LogP contribution in [0.2, 0.25) is 0 Å². The van der Waals surface area contributed by atoms with Gasteiger partial charge in [-0.3, -0.25) is 9.48 Å². The summed E-state index contributed by atoms with van der Waals surface area (Å²) in [4.78, 5) is 13.4. The van der Waals surface area contributed by atoms with Gasteiger partial charge in [-0.1, -0.05) is 6.07 Å². The fraction of sp³-hybridized carbons (Fsp3) is 0.231. The summed E-state index contributed by atoms with van der Waals surface area (Å²) >= 11 is 0. The Bertz CT molecular complexity index is 610. The smallest absolute Gasteiger partial charge is 0.257 e. The second kappa shape index (κ2) is 5.17. The maximum Gasteiger partial charge on any atom is 0.257 e. The first-order valence-corrected chi connectivity index (χ1v) is 5.67. The molecule has 1 heterocycles. The van der Waals surface area contributed by atoms with E-state index in [4.69, 9.17) is 0 Å². The van der Waals surface area contributed by atoms with Crippen LogP contribution in [0.25, 0.3) is 0 Å². The van der Waals surface area contributed by atoms with Crippen molar-refractivity contribution < 1.29 is 13.6 Å². The summed E-state index contributed by atoms with van der Waals surface area (Å²) in [6.45, 7) is 0.269. The van der Waals surface area contributed by atoms with Crippen LogP contribution >= 0.6 is 0 Å². The predicted molar refractivity (Wildman–Crippen MR) is 65.4 cm³/mol. The maximum absolute atomic E-state index is 13.5. The SMILES string of the molecule is CN(Cc1ccnn1C)C(=O)c1cccc(F)c1F. The largest absolute Gasteiger partial charge is 0.336 e. The highest BCUT2D eigenvalue weighted by molar-refractivity contribution is 5.94. The molecular formula is C13H13F2N3O. The minimum absolute atomic E-state index is 0.269. The van der Waals surface area contributed by atoms with Crippen molar-refractivity contribution in [3.05, 3.63) is 53.4 Å². The van der Waals surface area contributed by atoms with Gasteiger partial charge in [-0.25, -0.2) is 8.78 Å². The van der Waals surface area contributed by atoms with Gasteiger partial charge in [-0.2, -0.15) is 5.10 Å². The van der Waals surface area contributed by atoms with Crippen molar-refractivity contribution in [3.63, 3.8) is 0 Å². The molecule has 0 aliphatic rings. The standard InChI is InChI=1S/C13H13F2N3O/c1-17(8-9-6-7-16-18(9)2)13(19)10-4-3-5-11(14)12(10)15/h3-7H,8H2,1-2H3. The molecule has 1 aromatic carbocycles. The van der Waals surface area contributed by atoms with Crippen molar-refractivity contribution in [2.24, 2.45) is 7.05 Å². The molecule has 0 aliphatic carbocycles. The Morgan fingerprint density at radius 1 is 1.37 bits per heavy atom. The summed E-state index contributed by atoms with van der Waals surface area (Å²) < 4.78 is 28.2. The molecule has 0 aliphatic heterocycles. The van der Waals surface area contributed by atoms with Crippen LogP contribution in [0, 0.1) is 11.6 Å². The Hall–Kier alpha value is -2.24. The lowest BCUT2D eigenvalue weighted by molar-refractivity contribution is 0.0776. The molecule has 2 aromatic rings. The highest BCUT2D eigenvalue weighted by atomic mass is 19.2. The topological polar surface area (TPSA) is 38.1 Å². The van der Waals surface area contributed by atoms with E-state index in [1.54, 1.807) is 24.0 Å². The Labute approximate surface area is 109 Å². The molecule has 0 bridgehead atoms. The van der Waals surface area contributed by atoms with Crippen molar-refractivity contribution in [2.45, 2.75) is 6.54 Å². The first kappa shape index (κ1) is 13.2. The van der Waals surface area contributed by atoms with Gasteiger partial charge in [0.2, 0.25) is 0 Å². The number of nitrogens with zero attached hydrogens (tertiary/aromatic N) is 3. The van der Waals surface area contributed by atoms with Crippen LogP contribution in [-0.4, -0.2) is 27.6 Å². The second-order valence-corrected chi connectivity index (χ2v) is 4.21. The van der Waals surface area contributed by atoms with Gasteiger partial charge in [0.15, 0.2) is 11.6 Å². The highest BCUT2D eigenvalue weighted by Crippen LogP contribution is 2.14. The summed E-state index contributed by atoms with van der Waals surface area (Å²) in [5, 5.41) is 3.98. The van der Waals surface area contributed by atoms with E-state index in [1.807, 2.05) is 0 Å². The van der Waals surface area contributed by atoms with Crippen LogP contribution in [0.15, 0.2) is 30.5 Å². The molecule has 0 atom stereocenters. The third-order valence-corrected chi connectivity index (χ3v) is 2.85. The molecule has 0 saturated carbocycles. The van der Waals surface area contributed by atoms with E-state index in [9.17, 15) is 13.6 Å². The van der Waals surface area contributed by atoms with Gasteiger partial charge < -0.3 is 4.90 Å². The zero-order valence-corrected chi connectivity index (χ0v) is 10.6. The van der Waals surface area contributed by atoms with Gasteiger partial charge >= 0.3 is 0 Å². The molecule has 0 spiro atoms. The van der Waals surface area contributed by atoms with Crippen molar-refractivity contribution >= 4 is 5.91 Å². The molecule has 2 rings (SSSR count). The van der Waals surface area contributed by atoms with E-state index >= 15 is 0 Å². The average Bonchev–Trinajstić information content (AvgIpc) is 2.77.